The van der Waals surface area contributed by atoms with E-state index in [1.54, 1.807) is 7.05 Å². The molecule has 1 rings (SSSR count). The number of aliphatic imine (C=N–C) groups is 1. The van der Waals surface area contributed by atoms with Crippen molar-refractivity contribution in [2.45, 2.75) is 78.0 Å². The van der Waals surface area contributed by atoms with Gasteiger partial charge in [0.05, 0.1) is 6.04 Å². The summed E-state index contributed by atoms with van der Waals surface area (Å²) in [7, 11) is 1.77. The minimum atomic E-state index is -0.487. The molecule has 0 heterocycles. The predicted octanol–water partition coefficient (Wildman–Crippen LogP) is 2.64. The molecule has 6 nitrogen and oxygen atoms in total. The zero-order chi connectivity index (χ0) is 17.5. The second-order valence-corrected chi connectivity index (χ2v) is 7.58. The van der Waals surface area contributed by atoms with E-state index in [1.165, 1.54) is 25.7 Å². The molecule has 1 saturated carbocycles. The van der Waals surface area contributed by atoms with Gasteiger partial charge in [0.2, 0.25) is 0 Å². The van der Waals surface area contributed by atoms with Crippen molar-refractivity contribution in [2.75, 3.05) is 13.6 Å². The molecule has 1 amide bonds. The first-order valence-electron chi connectivity index (χ1n) is 8.68. The first-order chi connectivity index (χ1) is 10.7. The molecular weight excluding hydrogens is 292 g/mol. The lowest BCUT2D eigenvalue weighted by Crippen LogP contribution is -2.51. The number of amides is 1. The van der Waals surface area contributed by atoms with Crippen LogP contribution in [0.4, 0.5) is 4.79 Å². The van der Waals surface area contributed by atoms with Gasteiger partial charge in [-0.2, -0.15) is 0 Å². The van der Waals surface area contributed by atoms with E-state index < -0.39 is 5.60 Å². The van der Waals surface area contributed by atoms with Crippen LogP contribution in [0.3, 0.4) is 0 Å². The first-order valence-corrected chi connectivity index (χ1v) is 8.68. The normalized spacial score (nSPS) is 18.0. The quantitative estimate of drug-likeness (QED) is 0.536. The van der Waals surface area contributed by atoms with E-state index in [0.717, 1.165) is 5.96 Å². The highest BCUT2D eigenvalue weighted by Gasteiger charge is 2.22. The van der Waals surface area contributed by atoms with Gasteiger partial charge in [-0.25, -0.2) is 4.79 Å². The second kappa shape index (κ2) is 8.99. The number of alkyl carbamates (subject to hydrolysis) is 1. The molecule has 0 saturated heterocycles. The van der Waals surface area contributed by atoms with Crippen molar-refractivity contribution in [1.82, 2.24) is 16.0 Å². The Morgan fingerprint density at radius 3 is 2.35 bits per heavy atom. The van der Waals surface area contributed by atoms with Crippen LogP contribution in [0.15, 0.2) is 4.99 Å². The Morgan fingerprint density at radius 1 is 1.26 bits per heavy atom. The minimum Gasteiger partial charge on any atom is -0.444 e. The predicted molar refractivity (Wildman–Crippen MR) is 94.7 cm³/mol. The highest BCUT2D eigenvalue weighted by molar-refractivity contribution is 5.80. The number of carbonyl (C=O) groups is 1. The van der Waals surface area contributed by atoms with E-state index in [0.29, 0.717) is 18.5 Å². The van der Waals surface area contributed by atoms with Gasteiger partial charge in [0.25, 0.3) is 0 Å². The van der Waals surface area contributed by atoms with Gasteiger partial charge < -0.3 is 20.7 Å². The van der Waals surface area contributed by atoms with Crippen LogP contribution in [0.5, 0.6) is 0 Å². The molecule has 1 aliphatic rings. The van der Waals surface area contributed by atoms with Crippen LogP contribution in [-0.4, -0.2) is 43.3 Å². The Kier molecular flexibility index (Phi) is 7.65. The van der Waals surface area contributed by atoms with Crippen molar-refractivity contribution < 1.29 is 9.53 Å². The summed E-state index contributed by atoms with van der Waals surface area (Å²) >= 11 is 0. The number of nitrogens with one attached hydrogen (secondary N) is 3. The van der Waals surface area contributed by atoms with Gasteiger partial charge in [-0.3, -0.25) is 4.99 Å². The highest BCUT2D eigenvalue weighted by Crippen LogP contribution is 2.17. The maximum Gasteiger partial charge on any atom is 0.407 e. The molecular formula is C17H34N4O2. The number of hydrogen-bond donors (Lipinski definition) is 3. The average molecular weight is 326 g/mol. The molecule has 1 unspecified atom stereocenters. The molecule has 0 radical (unpaired) electrons. The van der Waals surface area contributed by atoms with Gasteiger partial charge in [-0.15, -0.1) is 0 Å². The fourth-order valence-electron chi connectivity index (χ4n) is 2.58. The number of hydrogen-bond acceptors (Lipinski definition) is 3. The summed E-state index contributed by atoms with van der Waals surface area (Å²) in [5.74, 6) is 1.09. The van der Waals surface area contributed by atoms with Crippen molar-refractivity contribution in [3.05, 3.63) is 0 Å². The summed E-state index contributed by atoms with van der Waals surface area (Å²) in [5.41, 5.74) is -0.487. The van der Waals surface area contributed by atoms with E-state index in [-0.39, 0.29) is 12.1 Å². The summed E-state index contributed by atoms with van der Waals surface area (Å²) in [5, 5.41) is 9.70. The van der Waals surface area contributed by atoms with Crippen LogP contribution < -0.4 is 16.0 Å². The summed E-state index contributed by atoms with van der Waals surface area (Å²) in [4.78, 5) is 16.2. The number of rotatable bonds is 5. The fourth-order valence-corrected chi connectivity index (χ4v) is 2.58. The fraction of sp³-hybridized carbons (Fsp3) is 0.882. The van der Waals surface area contributed by atoms with Gasteiger partial charge in [0.15, 0.2) is 5.96 Å². The molecule has 0 bridgehead atoms. The SMILES string of the molecule is CN=C(NCC(NC(=O)OC(C)(C)C)C(C)C)NC1CCCC1. The average Bonchev–Trinajstić information content (AvgIpc) is 2.92. The molecule has 1 atom stereocenters. The van der Waals surface area contributed by atoms with Crippen LogP contribution in [0.25, 0.3) is 0 Å². The van der Waals surface area contributed by atoms with E-state index in [4.69, 9.17) is 4.74 Å². The maximum absolute atomic E-state index is 12.0. The van der Waals surface area contributed by atoms with Gasteiger partial charge in [-0.1, -0.05) is 26.7 Å². The monoisotopic (exact) mass is 326 g/mol. The minimum absolute atomic E-state index is 0.0213. The van der Waals surface area contributed by atoms with Crippen molar-refractivity contribution in [3.63, 3.8) is 0 Å². The molecule has 6 heteroatoms. The molecule has 0 aromatic heterocycles. The summed E-state index contributed by atoms with van der Waals surface area (Å²) in [6, 6.07) is 0.490. The van der Waals surface area contributed by atoms with Crippen LogP contribution in [0.1, 0.15) is 60.3 Å². The molecule has 0 spiro atoms. The van der Waals surface area contributed by atoms with Crippen molar-refractivity contribution in [1.29, 1.82) is 0 Å². The van der Waals surface area contributed by atoms with Crippen LogP contribution >= 0.6 is 0 Å². The number of carbonyl (C=O) groups excluding carboxylic acids is 1. The molecule has 23 heavy (non-hydrogen) atoms. The smallest absolute Gasteiger partial charge is 0.407 e. The van der Waals surface area contributed by atoms with Gasteiger partial charge >= 0.3 is 6.09 Å². The molecule has 3 N–H and O–H groups in total. The second-order valence-electron chi connectivity index (χ2n) is 7.58. The summed E-state index contributed by atoms with van der Waals surface area (Å²) in [6.07, 6.45) is 4.58. The molecule has 134 valence electrons. The lowest BCUT2D eigenvalue weighted by atomic mass is 10.0. The van der Waals surface area contributed by atoms with E-state index in [2.05, 4.69) is 34.8 Å². The van der Waals surface area contributed by atoms with Gasteiger partial charge in [-0.05, 0) is 39.5 Å². The third-order valence-corrected chi connectivity index (χ3v) is 3.92. The molecule has 0 aliphatic heterocycles. The first kappa shape index (κ1) is 19.6. The van der Waals surface area contributed by atoms with Crippen molar-refractivity contribution in [2.24, 2.45) is 10.9 Å². The molecule has 0 aromatic carbocycles. The van der Waals surface area contributed by atoms with E-state index >= 15 is 0 Å². The summed E-state index contributed by atoms with van der Waals surface area (Å²) in [6.45, 7) is 10.4. The van der Waals surface area contributed by atoms with Crippen molar-refractivity contribution in [3.8, 4) is 0 Å². The Labute approximate surface area is 140 Å². The molecule has 1 fully saturated rings. The summed E-state index contributed by atoms with van der Waals surface area (Å²) < 4.78 is 5.34. The van der Waals surface area contributed by atoms with E-state index in [9.17, 15) is 4.79 Å². The third kappa shape index (κ3) is 8.09. The maximum atomic E-state index is 12.0. The van der Waals surface area contributed by atoms with Crippen LogP contribution in [-0.2, 0) is 4.74 Å². The zero-order valence-electron chi connectivity index (χ0n) is 15.5. The van der Waals surface area contributed by atoms with Crippen LogP contribution in [0.2, 0.25) is 0 Å². The zero-order valence-corrected chi connectivity index (χ0v) is 15.5. The van der Waals surface area contributed by atoms with E-state index in [1.807, 2.05) is 20.8 Å². The van der Waals surface area contributed by atoms with Gasteiger partial charge in [0, 0.05) is 19.6 Å². The van der Waals surface area contributed by atoms with Crippen LogP contribution in [0, 0.1) is 5.92 Å². The number of ether oxygens (including phenoxy) is 1. The molecule has 1 aliphatic carbocycles. The number of nitrogens with zero attached hydrogens (tertiary/aromatic N) is 1. The molecule has 0 aromatic rings. The lowest BCUT2D eigenvalue weighted by molar-refractivity contribution is 0.0491. The number of guanidine groups is 1. The third-order valence-electron chi connectivity index (χ3n) is 3.92. The van der Waals surface area contributed by atoms with Gasteiger partial charge in [0.1, 0.15) is 5.60 Å². The Morgan fingerprint density at radius 2 is 1.87 bits per heavy atom. The topological polar surface area (TPSA) is 74.8 Å². The standard InChI is InChI=1S/C17H34N4O2/c1-12(2)14(21-16(22)23-17(3,4)5)11-19-15(18-6)20-13-9-7-8-10-13/h12-14H,7-11H2,1-6H3,(H,21,22)(H2,18,19,20). The van der Waals surface area contributed by atoms with Crippen molar-refractivity contribution >= 4 is 12.1 Å². The highest BCUT2D eigenvalue weighted by atomic mass is 16.6. The Hall–Kier alpha value is -1.46. The largest absolute Gasteiger partial charge is 0.444 e. The lowest BCUT2D eigenvalue weighted by Gasteiger charge is -2.27. The Balaban J connectivity index is 2.46. The Bertz CT molecular complexity index is 396.